The molecule has 1 atom stereocenters. The smallest absolute Gasteiger partial charge is 0.387 e. The Bertz CT molecular complexity index is 1090. The number of amides is 2. The van der Waals surface area contributed by atoms with E-state index in [0.717, 1.165) is 0 Å². The second kappa shape index (κ2) is 8.10. The summed E-state index contributed by atoms with van der Waals surface area (Å²) in [5.74, 6) is -1.55. The van der Waals surface area contributed by atoms with Crippen molar-refractivity contribution in [1.82, 2.24) is 4.90 Å². The molecule has 0 aromatic heterocycles. The Morgan fingerprint density at radius 2 is 1.91 bits per heavy atom. The molecule has 2 aliphatic rings. The first kappa shape index (κ1) is 21.5. The number of hydrogen-bond acceptors (Lipinski definition) is 6. The number of alkyl halides is 2. The molecule has 4 rings (SSSR count). The lowest BCUT2D eigenvalue weighted by atomic mass is 9.97. The van der Waals surface area contributed by atoms with Gasteiger partial charge in [0.2, 0.25) is 11.6 Å². The molecule has 2 heterocycles. The van der Waals surface area contributed by atoms with Gasteiger partial charge in [0, 0.05) is 19.9 Å². The summed E-state index contributed by atoms with van der Waals surface area (Å²) < 4.78 is 40.0. The maximum atomic E-state index is 13.3. The summed E-state index contributed by atoms with van der Waals surface area (Å²) in [6, 6.07) is 10.7. The molecule has 0 radical (unpaired) electrons. The normalized spacial score (nSPS) is 19.7. The van der Waals surface area contributed by atoms with Crippen molar-refractivity contribution >= 4 is 23.5 Å². The highest BCUT2D eigenvalue weighted by Crippen LogP contribution is 2.44. The van der Waals surface area contributed by atoms with Gasteiger partial charge in [-0.1, -0.05) is 18.2 Å². The van der Waals surface area contributed by atoms with Crippen LogP contribution in [0.5, 0.6) is 11.5 Å². The van der Waals surface area contributed by atoms with Crippen molar-refractivity contribution < 1.29 is 37.4 Å². The molecule has 8 nitrogen and oxygen atoms in total. The van der Waals surface area contributed by atoms with Crippen molar-refractivity contribution in [2.45, 2.75) is 31.7 Å². The van der Waals surface area contributed by atoms with Crippen molar-refractivity contribution in [2.75, 3.05) is 19.1 Å². The zero-order valence-electron chi connectivity index (χ0n) is 17.3. The average Bonchev–Trinajstić information content (AvgIpc) is 3.14. The van der Waals surface area contributed by atoms with E-state index in [4.69, 9.17) is 9.47 Å². The summed E-state index contributed by atoms with van der Waals surface area (Å²) in [6.07, 6.45) is 0.167. The number of methoxy groups -OCH3 is 1. The number of hydrogen-bond donors (Lipinski definition) is 0. The first-order valence-electron chi connectivity index (χ1n) is 9.79. The van der Waals surface area contributed by atoms with E-state index in [2.05, 4.69) is 4.74 Å². The minimum absolute atomic E-state index is 0.0496. The predicted molar refractivity (Wildman–Crippen MR) is 107 cm³/mol. The van der Waals surface area contributed by atoms with Gasteiger partial charge in [0.25, 0.3) is 5.91 Å². The van der Waals surface area contributed by atoms with Gasteiger partial charge in [-0.05, 0) is 29.8 Å². The van der Waals surface area contributed by atoms with Gasteiger partial charge in [0.15, 0.2) is 11.5 Å². The molecule has 0 saturated carbocycles. The van der Waals surface area contributed by atoms with Crippen molar-refractivity contribution in [3.8, 4) is 11.5 Å². The number of carbonyl (C=O) groups is 3. The highest BCUT2D eigenvalue weighted by molar-refractivity contribution is 6.15. The number of para-hydroxylation sites is 1. The van der Waals surface area contributed by atoms with Gasteiger partial charge in [-0.2, -0.15) is 8.78 Å². The number of nitrogens with zero attached hydrogens (tertiary/aromatic N) is 2. The van der Waals surface area contributed by atoms with E-state index in [-0.39, 0.29) is 36.9 Å². The molecule has 10 heteroatoms. The van der Waals surface area contributed by atoms with Crippen LogP contribution in [0.1, 0.15) is 28.8 Å². The van der Waals surface area contributed by atoms with Gasteiger partial charge in [0.05, 0.1) is 18.4 Å². The molecule has 1 saturated heterocycles. The van der Waals surface area contributed by atoms with Crippen LogP contribution in [0.4, 0.5) is 14.5 Å². The van der Waals surface area contributed by atoms with E-state index in [9.17, 15) is 23.2 Å². The van der Waals surface area contributed by atoms with Crippen molar-refractivity contribution in [1.29, 1.82) is 0 Å². The predicted octanol–water partition coefficient (Wildman–Crippen LogP) is 2.95. The average molecular weight is 446 g/mol. The molecule has 0 unspecified atom stereocenters. The highest BCUT2D eigenvalue weighted by atomic mass is 19.3. The molecule has 0 bridgehead atoms. The lowest BCUT2D eigenvalue weighted by molar-refractivity contribution is -0.157. The lowest BCUT2D eigenvalue weighted by Gasteiger charge is -2.46. The van der Waals surface area contributed by atoms with E-state index in [1.54, 1.807) is 24.3 Å². The first-order chi connectivity index (χ1) is 15.3. The number of ether oxygens (including phenoxy) is 3. The molecular weight excluding hydrogens is 426 g/mol. The zero-order valence-corrected chi connectivity index (χ0v) is 17.3. The number of anilines is 1. The third-order valence-electron chi connectivity index (χ3n) is 5.68. The van der Waals surface area contributed by atoms with E-state index in [1.165, 1.54) is 42.2 Å². The van der Waals surface area contributed by atoms with Crippen LogP contribution in [0.25, 0.3) is 0 Å². The van der Waals surface area contributed by atoms with Crippen LogP contribution in [0.15, 0.2) is 42.5 Å². The number of fused-ring (bicyclic) bond motifs is 3. The molecule has 168 valence electrons. The zero-order chi connectivity index (χ0) is 23.0. The Hall–Kier alpha value is -3.69. The molecular formula is C22H20F2N2O6. The second-order valence-corrected chi connectivity index (χ2v) is 7.37. The number of likely N-dealkylation sites (N-methyl/N-ethyl adjacent to an activating group) is 1. The quantitative estimate of drug-likeness (QED) is 0.635. The Labute approximate surface area is 182 Å². The Kier molecular flexibility index (Phi) is 5.45. The number of rotatable bonds is 6. The van der Waals surface area contributed by atoms with Crippen molar-refractivity contribution in [2.24, 2.45) is 0 Å². The van der Waals surface area contributed by atoms with Crippen LogP contribution in [0.3, 0.4) is 0 Å². The highest BCUT2D eigenvalue weighted by Gasteiger charge is 2.60. The van der Waals surface area contributed by atoms with Crippen molar-refractivity contribution in [3.63, 3.8) is 0 Å². The second-order valence-electron chi connectivity index (χ2n) is 7.37. The first-order valence-corrected chi connectivity index (χ1v) is 9.79. The summed E-state index contributed by atoms with van der Waals surface area (Å²) >= 11 is 0. The molecule has 2 aromatic carbocycles. The van der Waals surface area contributed by atoms with Gasteiger partial charge >= 0.3 is 12.6 Å². The standard InChI is InChI=1S/C22H20F2N2O6/c1-25-19(28)14-5-3-4-6-15(14)26-18(27)9-10-22(25,26)20(29)31-12-13-7-8-16(32-21(23)24)17(11-13)30-2/h3-8,11,21H,9-10,12H2,1-2H3/t22-/m0/s1. The SMILES string of the molecule is COc1cc(COC(=O)[C@]23CCC(=O)N2c2ccccc2C(=O)N3C)ccc1OC(F)F. The summed E-state index contributed by atoms with van der Waals surface area (Å²) in [7, 11) is 2.76. The molecule has 2 aliphatic heterocycles. The molecule has 0 spiro atoms. The molecule has 32 heavy (non-hydrogen) atoms. The third kappa shape index (κ3) is 3.31. The molecule has 2 aromatic rings. The Morgan fingerprint density at radius 3 is 2.62 bits per heavy atom. The summed E-state index contributed by atoms with van der Waals surface area (Å²) in [5.41, 5.74) is -0.446. The van der Waals surface area contributed by atoms with E-state index < -0.39 is 24.2 Å². The fourth-order valence-corrected chi connectivity index (χ4v) is 4.15. The minimum atomic E-state index is -3.01. The molecule has 2 amide bonds. The fraction of sp³-hybridized carbons (Fsp3) is 0.318. The molecule has 1 fully saturated rings. The fourth-order valence-electron chi connectivity index (χ4n) is 4.15. The monoisotopic (exact) mass is 446 g/mol. The van der Waals surface area contributed by atoms with E-state index in [0.29, 0.717) is 16.8 Å². The minimum Gasteiger partial charge on any atom is -0.493 e. The maximum absolute atomic E-state index is 13.3. The van der Waals surface area contributed by atoms with Crippen LogP contribution in [0, 0.1) is 0 Å². The van der Waals surface area contributed by atoms with Crippen molar-refractivity contribution in [3.05, 3.63) is 53.6 Å². The van der Waals surface area contributed by atoms with Gasteiger partial charge in [-0.25, -0.2) is 4.79 Å². The summed E-state index contributed by atoms with van der Waals surface area (Å²) in [5, 5.41) is 0. The number of esters is 1. The van der Waals surface area contributed by atoms with Gasteiger partial charge < -0.3 is 19.1 Å². The van der Waals surface area contributed by atoms with Crippen LogP contribution >= 0.6 is 0 Å². The van der Waals surface area contributed by atoms with Crippen LogP contribution in [0.2, 0.25) is 0 Å². The van der Waals surface area contributed by atoms with Crippen LogP contribution in [-0.2, 0) is 20.9 Å². The van der Waals surface area contributed by atoms with Crippen LogP contribution in [-0.4, -0.2) is 49.1 Å². The number of halogens is 2. The Morgan fingerprint density at radius 1 is 1.16 bits per heavy atom. The van der Waals surface area contributed by atoms with E-state index in [1.807, 2.05) is 0 Å². The Balaban J connectivity index is 1.60. The van der Waals surface area contributed by atoms with E-state index >= 15 is 0 Å². The topological polar surface area (TPSA) is 85.4 Å². The number of carbonyl (C=O) groups excluding carboxylic acids is 3. The third-order valence-corrected chi connectivity index (χ3v) is 5.68. The van der Waals surface area contributed by atoms with Gasteiger partial charge in [-0.15, -0.1) is 0 Å². The number of benzene rings is 2. The molecule has 0 N–H and O–H groups in total. The largest absolute Gasteiger partial charge is 0.493 e. The maximum Gasteiger partial charge on any atom is 0.387 e. The summed E-state index contributed by atoms with van der Waals surface area (Å²) in [4.78, 5) is 41.5. The lowest BCUT2D eigenvalue weighted by Crippen LogP contribution is -2.67. The van der Waals surface area contributed by atoms with Crippen LogP contribution < -0.4 is 14.4 Å². The molecule has 0 aliphatic carbocycles. The summed E-state index contributed by atoms with van der Waals surface area (Å²) in [6.45, 7) is -3.24. The van der Waals surface area contributed by atoms with Gasteiger partial charge in [-0.3, -0.25) is 14.5 Å². The van der Waals surface area contributed by atoms with Gasteiger partial charge in [0.1, 0.15) is 6.61 Å².